The molecule has 1 aromatic carbocycles. The molecule has 0 radical (unpaired) electrons. The molecule has 0 aliphatic rings. The normalized spacial score (nSPS) is 12.1. The average Bonchev–Trinajstić information content (AvgIpc) is 2.32. The van der Waals surface area contributed by atoms with Gasteiger partial charge in [0.1, 0.15) is 0 Å². The van der Waals surface area contributed by atoms with E-state index < -0.39 is 10.0 Å². The first-order valence-corrected chi connectivity index (χ1v) is 8.23. The molecule has 0 heterocycles. The van der Waals surface area contributed by atoms with Gasteiger partial charge in [0.15, 0.2) is 0 Å². The van der Waals surface area contributed by atoms with Crippen LogP contribution in [0.15, 0.2) is 17.0 Å². The summed E-state index contributed by atoms with van der Waals surface area (Å²) in [6, 6.07) is 2.91. The van der Waals surface area contributed by atoms with Crippen molar-refractivity contribution in [2.75, 3.05) is 25.5 Å². The fourth-order valence-corrected chi connectivity index (χ4v) is 3.09. The monoisotopic (exact) mass is 320 g/mol. The number of hydrogen-bond donors (Lipinski definition) is 2. The predicted molar refractivity (Wildman–Crippen MR) is 81.4 cm³/mol. The molecule has 0 unspecified atom stereocenters. The number of aryl methyl sites for hydroxylation is 1. The molecule has 3 N–H and O–H groups in total. The van der Waals surface area contributed by atoms with E-state index in [1.807, 2.05) is 13.8 Å². The largest absolute Gasteiger partial charge is 0.397 e. The molecule has 7 heteroatoms. The number of nitrogen functional groups attached to an aromatic ring is 1. The van der Waals surface area contributed by atoms with Gasteiger partial charge in [0.25, 0.3) is 0 Å². The van der Waals surface area contributed by atoms with Gasteiger partial charge in [-0.25, -0.2) is 13.1 Å². The second-order valence-electron chi connectivity index (χ2n) is 5.01. The summed E-state index contributed by atoms with van der Waals surface area (Å²) in [5, 5.41) is 0.349. The Morgan fingerprint density at radius 3 is 2.65 bits per heavy atom. The molecule has 0 fully saturated rings. The van der Waals surface area contributed by atoms with Crippen LogP contribution >= 0.6 is 11.6 Å². The smallest absolute Gasteiger partial charge is 0.240 e. The predicted octanol–water partition coefficient (Wildman–Crippen LogP) is 2.18. The Balaban J connectivity index is 2.68. The van der Waals surface area contributed by atoms with E-state index in [9.17, 15) is 8.42 Å². The third-order valence-corrected chi connectivity index (χ3v) is 4.50. The van der Waals surface area contributed by atoms with Crippen molar-refractivity contribution < 1.29 is 13.2 Å². The molecule has 1 rings (SSSR count). The van der Waals surface area contributed by atoms with Crippen molar-refractivity contribution in [3.63, 3.8) is 0 Å². The first-order chi connectivity index (χ1) is 9.24. The van der Waals surface area contributed by atoms with E-state index in [1.54, 1.807) is 13.0 Å². The summed E-state index contributed by atoms with van der Waals surface area (Å²) in [5.74, 6) is 0.421. The quantitative estimate of drug-likeness (QED) is 0.596. The van der Waals surface area contributed by atoms with E-state index in [4.69, 9.17) is 22.1 Å². The van der Waals surface area contributed by atoms with Gasteiger partial charge in [-0.1, -0.05) is 25.4 Å². The van der Waals surface area contributed by atoms with Crippen molar-refractivity contribution in [2.45, 2.75) is 25.7 Å². The van der Waals surface area contributed by atoms with E-state index in [-0.39, 0.29) is 17.1 Å². The van der Waals surface area contributed by atoms with Crippen LogP contribution in [0.25, 0.3) is 0 Å². The molecule has 0 aromatic heterocycles. The third-order valence-electron chi connectivity index (χ3n) is 2.57. The number of ether oxygens (including phenoxy) is 1. The van der Waals surface area contributed by atoms with Gasteiger partial charge >= 0.3 is 0 Å². The molecule has 0 saturated carbocycles. The van der Waals surface area contributed by atoms with Gasteiger partial charge in [-0.05, 0) is 30.5 Å². The molecule has 20 heavy (non-hydrogen) atoms. The van der Waals surface area contributed by atoms with Crippen molar-refractivity contribution in [2.24, 2.45) is 5.92 Å². The lowest BCUT2D eigenvalue weighted by molar-refractivity contribution is 0.114. The number of rotatable bonds is 7. The van der Waals surface area contributed by atoms with E-state index in [0.717, 1.165) is 0 Å². The maximum absolute atomic E-state index is 12.1. The van der Waals surface area contributed by atoms with Crippen LogP contribution in [-0.4, -0.2) is 28.2 Å². The highest BCUT2D eigenvalue weighted by Crippen LogP contribution is 2.25. The van der Waals surface area contributed by atoms with Crippen LogP contribution in [-0.2, 0) is 14.8 Å². The molecule has 0 bridgehead atoms. The molecule has 0 aliphatic heterocycles. The van der Waals surface area contributed by atoms with Crippen molar-refractivity contribution in [1.29, 1.82) is 0 Å². The summed E-state index contributed by atoms with van der Waals surface area (Å²) in [6.45, 7) is 6.90. The van der Waals surface area contributed by atoms with E-state index in [1.165, 1.54) is 6.07 Å². The average molecular weight is 321 g/mol. The summed E-state index contributed by atoms with van der Waals surface area (Å²) >= 11 is 5.85. The van der Waals surface area contributed by atoms with Crippen molar-refractivity contribution in [3.05, 3.63) is 22.7 Å². The Hall–Kier alpha value is -0.820. The molecule has 0 spiro atoms. The molecule has 1 aromatic rings. The zero-order valence-electron chi connectivity index (χ0n) is 11.9. The van der Waals surface area contributed by atoms with Crippen LogP contribution in [0.4, 0.5) is 5.69 Å². The fraction of sp³-hybridized carbons (Fsp3) is 0.538. The summed E-state index contributed by atoms with van der Waals surface area (Å²) in [4.78, 5) is 0.142. The van der Waals surface area contributed by atoms with Gasteiger partial charge in [-0.3, -0.25) is 0 Å². The number of benzene rings is 1. The van der Waals surface area contributed by atoms with Gasteiger partial charge in [-0.2, -0.15) is 0 Å². The zero-order valence-corrected chi connectivity index (χ0v) is 13.5. The standard InChI is InChI=1S/C13H21ClN2O3S/c1-9(2)8-19-5-4-16-20(17,18)13-7-12(15)11(14)6-10(13)3/h6-7,9,16H,4-5,8,15H2,1-3H3. The Kier molecular flexibility index (Phi) is 6.26. The minimum atomic E-state index is -3.60. The Morgan fingerprint density at radius 1 is 1.40 bits per heavy atom. The van der Waals surface area contributed by atoms with Crippen LogP contribution in [0.2, 0.25) is 5.02 Å². The molecule has 0 saturated heterocycles. The minimum Gasteiger partial charge on any atom is -0.397 e. The van der Waals surface area contributed by atoms with Gasteiger partial charge in [0.05, 0.1) is 22.2 Å². The molecular weight excluding hydrogens is 300 g/mol. The number of anilines is 1. The lowest BCUT2D eigenvalue weighted by Gasteiger charge is -2.11. The summed E-state index contributed by atoms with van der Waals surface area (Å²) < 4.78 is 32.1. The minimum absolute atomic E-state index is 0.142. The Labute approximate surface area is 125 Å². The van der Waals surface area contributed by atoms with E-state index >= 15 is 0 Å². The number of halogens is 1. The lowest BCUT2D eigenvalue weighted by atomic mass is 10.2. The highest BCUT2D eigenvalue weighted by molar-refractivity contribution is 7.89. The van der Waals surface area contributed by atoms with Gasteiger partial charge < -0.3 is 10.5 Å². The Bertz CT molecular complexity index is 559. The van der Waals surface area contributed by atoms with Gasteiger partial charge in [-0.15, -0.1) is 0 Å². The topological polar surface area (TPSA) is 81.4 Å². The maximum atomic E-state index is 12.1. The number of nitrogens with two attached hydrogens (primary N) is 1. The maximum Gasteiger partial charge on any atom is 0.240 e. The third kappa shape index (κ3) is 4.94. The molecule has 0 amide bonds. The van der Waals surface area contributed by atoms with Gasteiger partial charge in [0.2, 0.25) is 10.0 Å². The van der Waals surface area contributed by atoms with Crippen LogP contribution < -0.4 is 10.5 Å². The second kappa shape index (κ2) is 7.26. The summed E-state index contributed by atoms with van der Waals surface area (Å²) in [5.41, 5.74) is 6.45. The Morgan fingerprint density at radius 2 is 2.05 bits per heavy atom. The number of sulfonamides is 1. The van der Waals surface area contributed by atoms with Crippen molar-refractivity contribution in [3.8, 4) is 0 Å². The van der Waals surface area contributed by atoms with Crippen molar-refractivity contribution in [1.82, 2.24) is 4.72 Å². The second-order valence-corrected chi connectivity index (χ2v) is 7.15. The number of nitrogens with one attached hydrogen (secondary N) is 1. The van der Waals surface area contributed by atoms with Gasteiger partial charge in [0, 0.05) is 13.2 Å². The molecule has 0 atom stereocenters. The molecule has 114 valence electrons. The van der Waals surface area contributed by atoms with Crippen LogP contribution in [0.3, 0.4) is 0 Å². The lowest BCUT2D eigenvalue weighted by Crippen LogP contribution is -2.28. The summed E-state index contributed by atoms with van der Waals surface area (Å²) in [6.07, 6.45) is 0. The highest BCUT2D eigenvalue weighted by Gasteiger charge is 2.17. The first kappa shape index (κ1) is 17.2. The highest BCUT2D eigenvalue weighted by atomic mass is 35.5. The zero-order chi connectivity index (χ0) is 15.3. The van der Waals surface area contributed by atoms with Crippen molar-refractivity contribution >= 4 is 27.3 Å². The van der Waals surface area contributed by atoms with Crippen LogP contribution in [0.5, 0.6) is 0 Å². The first-order valence-electron chi connectivity index (χ1n) is 6.37. The fourth-order valence-electron chi connectivity index (χ4n) is 1.60. The van der Waals surface area contributed by atoms with E-state index in [0.29, 0.717) is 29.7 Å². The number of hydrogen-bond acceptors (Lipinski definition) is 4. The summed E-state index contributed by atoms with van der Waals surface area (Å²) in [7, 11) is -3.60. The SMILES string of the molecule is Cc1cc(Cl)c(N)cc1S(=O)(=O)NCCOCC(C)C. The van der Waals surface area contributed by atoms with Crippen LogP contribution in [0.1, 0.15) is 19.4 Å². The molecule has 0 aliphatic carbocycles. The molecular formula is C13H21ClN2O3S. The van der Waals surface area contributed by atoms with Crippen LogP contribution in [0, 0.1) is 12.8 Å². The molecule has 5 nitrogen and oxygen atoms in total. The van der Waals surface area contributed by atoms with E-state index in [2.05, 4.69) is 4.72 Å².